The van der Waals surface area contributed by atoms with Crippen LogP contribution in [0, 0.1) is 5.92 Å². The number of aromatic nitrogens is 5. The van der Waals surface area contributed by atoms with Gasteiger partial charge >= 0.3 is 0 Å². The highest BCUT2D eigenvalue weighted by molar-refractivity contribution is 7.09. The van der Waals surface area contributed by atoms with Crippen molar-refractivity contribution in [2.45, 2.75) is 32.6 Å². The Bertz CT molecular complexity index is 555. The predicted molar refractivity (Wildman–Crippen MR) is 78.9 cm³/mol. The molecule has 1 aliphatic heterocycles. The number of aryl methyl sites for hydroxylation is 2. The van der Waals surface area contributed by atoms with Crippen LogP contribution in [0.4, 0.5) is 5.13 Å². The lowest BCUT2D eigenvalue weighted by Gasteiger charge is -2.31. The summed E-state index contributed by atoms with van der Waals surface area (Å²) < 4.78 is 6.39. The van der Waals surface area contributed by atoms with Gasteiger partial charge in [0, 0.05) is 44.5 Å². The zero-order valence-electron chi connectivity index (χ0n) is 12.0. The molecule has 1 aliphatic rings. The van der Waals surface area contributed by atoms with E-state index in [1.165, 1.54) is 24.4 Å². The first-order chi connectivity index (χ1) is 9.76. The molecule has 0 saturated carbocycles. The predicted octanol–water partition coefficient (Wildman–Crippen LogP) is 1.69. The third-order valence-electron chi connectivity index (χ3n) is 3.94. The first-order valence-corrected chi connectivity index (χ1v) is 7.94. The van der Waals surface area contributed by atoms with Gasteiger partial charge in [0.2, 0.25) is 5.13 Å². The molecule has 0 N–H and O–H groups in total. The van der Waals surface area contributed by atoms with Crippen LogP contribution in [0.2, 0.25) is 0 Å². The molecule has 0 aliphatic carbocycles. The fourth-order valence-corrected chi connectivity index (χ4v) is 3.40. The van der Waals surface area contributed by atoms with Crippen molar-refractivity contribution in [1.82, 2.24) is 24.1 Å². The fourth-order valence-electron chi connectivity index (χ4n) is 2.60. The van der Waals surface area contributed by atoms with Gasteiger partial charge in [0.05, 0.1) is 0 Å². The molecule has 7 heteroatoms. The normalized spacial score (nSPS) is 16.8. The molecule has 0 bridgehead atoms. The molecule has 2 aromatic rings. The third kappa shape index (κ3) is 2.82. The summed E-state index contributed by atoms with van der Waals surface area (Å²) in [6.45, 7) is 4.24. The lowest BCUT2D eigenvalue weighted by molar-refractivity contribution is 0.393. The van der Waals surface area contributed by atoms with Crippen LogP contribution in [0.3, 0.4) is 0 Å². The molecule has 0 radical (unpaired) electrons. The van der Waals surface area contributed by atoms with Gasteiger partial charge < -0.3 is 9.47 Å². The minimum absolute atomic E-state index is 0.702. The molecule has 0 unspecified atom stereocenters. The Kier molecular flexibility index (Phi) is 3.95. The quantitative estimate of drug-likeness (QED) is 0.858. The highest BCUT2D eigenvalue weighted by atomic mass is 32.1. The Morgan fingerprint density at radius 2 is 2.15 bits per heavy atom. The number of nitrogens with zero attached hydrogens (tertiary/aromatic N) is 6. The van der Waals surface area contributed by atoms with Gasteiger partial charge in [-0.05, 0) is 18.8 Å². The zero-order chi connectivity index (χ0) is 13.9. The van der Waals surface area contributed by atoms with E-state index < -0.39 is 0 Å². The summed E-state index contributed by atoms with van der Waals surface area (Å²) in [5.74, 6) is 2.76. The van der Waals surface area contributed by atoms with Crippen molar-refractivity contribution >= 4 is 16.7 Å². The highest BCUT2D eigenvalue weighted by Gasteiger charge is 2.23. The van der Waals surface area contributed by atoms with Gasteiger partial charge in [-0.3, -0.25) is 0 Å². The second-order valence-corrected chi connectivity index (χ2v) is 6.07. The van der Waals surface area contributed by atoms with Crippen molar-refractivity contribution in [3.05, 3.63) is 18.0 Å². The van der Waals surface area contributed by atoms with Crippen molar-refractivity contribution in [3.63, 3.8) is 0 Å². The van der Waals surface area contributed by atoms with E-state index in [0.29, 0.717) is 5.92 Å². The summed E-state index contributed by atoms with van der Waals surface area (Å²) >= 11 is 1.53. The van der Waals surface area contributed by atoms with E-state index in [4.69, 9.17) is 0 Å². The fraction of sp³-hybridized carbons (Fsp3) is 0.692. The lowest BCUT2D eigenvalue weighted by Crippen LogP contribution is -2.34. The molecule has 0 spiro atoms. The maximum atomic E-state index is 4.57. The van der Waals surface area contributed by atoms with Crippen molar-refractivity contribution in [1.29, 1.82) is 0 Å². The molecule has 6 nitrogen and oxygen atoms in total. The minimum Gasteiger partial charge on any atom is -0.347 e. The van der Waals surface area contributed by atoms with Crippen LogP contribution in [-0.2, 0) is 19.9 Å². The van der Waals surface area contributed by atoms with Crippen molar-refractivity contribution in [2.24, 2.45) is 13.0 Å². The molecule has 1 saturated heterocycles. The van der Waals surface area contributed by atoms with Crippen LogP contribution < -0.4 is 4.90 Å². The first-order valence-electron chi connectivity index (χ1n) is 7.16. The van der Waals surface area contributed by atoms with Gasteiger partial charge in [0.15, 0.2) is 0 Å². The molecular weight excluding hydrogens is 272 g/mol. The van der Waals surface area contributed by atoms with E-state index >= 15 is 0 Å². The summed E-state index contributed by atoms with van der Waals surface area (Å²) in [6, 6.07) is 0. The number of anilines is 1. The average Bonchev–Trinajstić information content (AvgIpc) is 3.10. The Hall–Kier alpha value is -1.50. The average molecular weight is 292 g/mol. The van der Waals surface area contributed by atoms with Crippen molar-refractivity contribution in [2.75, 3.05) is 18.0 Å². The topological polar surface area (TPSA) is 59.7 Å². The van der Waals surface area contributed by atoms with Crippen LogP contribution >= 0.6 is 11.5 Å². The van der Waals surface area contributed by atoms with E-state index in [1.54, 1.807) is 6.33 Å². The van der Waals surface area contributed by atoms with Crippen molar-refractivity contribution in [3.8, 4) is 0 Å². The number of hydrogen-bond donors (Lipinski definition) is 0. The lowest BCUT2D eigenvalue weighted by atomic mass is 9.93. The van der Waals surface area contributed by atoms with Crippen LogP contribution in [0.25, 0.3) is 0 Å². The Balaban J connectivity index is 1.55. The Morgan fingerprint density at radius 3 is 2.75 bits per heavy atom. The molecule has 2 aromatic heterocycles. The molecule has 1 fully saturated rings. The molecule has 0 atom stereocenters. The van der Waals surface area contributed by atoms with Gasteiger partial charge in [-0.1, -0.05) is 6.92 Å². The van der Waals surface area contributed by atoms with Crippen LogP contribution in [-0.4, -0.2) is 37.2 Å². The van der Waals surface area contributed by atoms with E-state index in [-0.39, 0.29) is 0 Å². The number of hydrogen-bond acceptors (Lipinski definition) is 6. The zero-order valence-corrected chi connectivity index (χ0v) is 12.8. The number of piperidine rings is 1. The second kappa shape index (κ2) is 5.87. The van der Waals surface area contributed by atoms with Gasteiger partial charge in [-0.15, -0.1) is 10.2 Å². The van der Waals surface area contributed by atoms with Crippen LogP contribution in [0.1, 0.15) is 31.4 Å². The molecule has 0 amide bonds. The maximum absolute atomic E-state index is 4.57. The molecule has 3 heterocycles. The van der Waals surface area contributed by atoms with Gasteiger partial charge in [-0.25, -0.2) is 4.98 Å². The Morgan fingerprint density at radius 1 is 1.35 bits per heavy atom. The van der Waals surface area contributed by atoms with Crippen molar-refractivity contribution < 1.29 is 0 Å². The second-order valence-electron chi connectivity index (χ2n) is 5.34. The minimum atomic E-state index is 0.702. The maximum Gasteiger partial charge on any atom is 0.205 e. The standard InChI is InChI=1S/C13H20N6S/c1-3-11-15-13(20-17-11)19-6-4-10(5-7-19)8-12-16-14-9-18(12)2/h9-10H,3-8H2,1-2H3. The first kappa shape index (κ1) is 13.5. The summed E-state index contributed by atoms with van der Waals surface area (Å²) in [4.78, 5) is 6.94. The molecule has 20 heavy (non-hydrogen) atoms. The monoisotopic (exact) mass is 292 g/mol. The smallest absolute Gasteiger partial charge is 0.205 e. The SMILES string of the molecule is CCc1nsc(N2CCC(Cc3nncn3C)CC2)n1. The molecule has 3 rings (SSSR count). The summed E-state index contributed by atoms with van der Waals surface area (Å²) in [7, 11) is 2.01. The third-order valence-corrected chi connectivity index (χ3v) is 4.75. The van der Waals surface area contributed by atoms with Crippen LogP contribution in [0.15, 0.2) is 6.33 Å². The van der Waals surface area contributed by atoms with Crippen LogP contribution in [0.5, 0.6) is 0 Å². The Labute approximate surface area is 123 Å². The highest BCUT2D eigenvalue weighted by Crippen LogP contribution is 2.26. The van der Waals surface area contributed by atoms with Gasteiger partial charge in [-0.2, -0.15) is 4.37 Å². The van der Waals surface area contributed by atoms with E-state index in [2.05, 4.69) is 31.4 Å². The van der Waals surface area contributed by atoms with Gasteiger partial charge in [0.25, 0.3) is 0 Å². The van der Waals surface area contributed by atoms with E-state index in [9.17, 15) is 0 Å². The molecular formula is C13H20N6S. The largest absolute Gasteiger partial charge is 0.347 e. The summed E-state index contributed by atoms with van der Waals surface area (Å²) in [5.41, 5.74) is 0. The molecule has 0 aromatic carbocycles. The summed E-state index contributed by atoms with van der Waals surface area (Å²) in [5, 5.41) is 9.21. The van der Waals surface area contributed by atoms with E-state index in [1.807, 2.05) is 11.6 Å². The van der Waals surface area contributed by atoms with Gasteiger partial charge in [0.1, 0.15) is 18.0 Å². The molecule has 108 valence electrons. The van der Waals surface area contributed by atoms with E-state index in [0.717, 1.165) is 42.7 Å². The summed E-state index contributed by atoms with van der Waals surface area (Å²) in [6.07, 6.45) is 6.10. The number of rotatable bonds is 4.